The van der Waals surface area contributed by atoms with Gasteiger partial charge in [0.25, 0.3) is 5.69 Å². The number of carbonyl (C=O) groups is 1. The van der Waals surface area contributed by atoms with Gasteiger partial charge >= 0.3 is 0 Å². The molecule has 0 aliphatic heterocycles. The van der Waals surface area contributed by atoms with Gasteiger partial charge in [-0.2, -0.15) is 0 Å². The van der Waals surface area contributed by atoms with Crippen LogP contribution in [0.4, 0.5) is 11.4 Å². The first kappa shape index (κ1) is 14.5. The van der Waals surface area contributed by atoms with E-state index in [0.29, 0.717) is 0 Å². The van der Waals surface area contributed by atoms with E-state index in [4.69, 9.17) is 0 Å². The number of non-ortho nitro benzene ring substituents is 1. The third kappa shape index (κ3) is 4.01. The molecule has 0 aromatic heterocycles. The normalized spacial score (nSPS) is 10.5. The number of hydrogen-bond acceptors (Lipinski definition) is 3. The molecule has 0 spiro atoms. The number of rotatable bonds is 4. The van der Waals surface area contributed by atoms with Crippen LogP contribution in [0, 0.1) is 17.0 Å². The Morgan fingerprint density at radius 2 is 1.81 bits per heavy atom. The number of nitro groups is 1. The molecule has 21 heavy (non-hydrogen) atoms. The highest BCUT2D eigenvalue weighted by atomic mass is 16.6. The van der Waals surface area contributed by atoms with Crippen LogP contribution in [0.2, 0.25) is 0 Å². The first-order chi connectivity index (χ1) is 10.1. The van der Waals surface area contributed by atoms with Crippen molar-refractivity contribution in [2.75, 3.05) is 5.32 Å². The maximum absolute atomic E-state index is 11.8. The zero-order chi connectivity index (χ0) is 15.2. The molecule has 0 heterocycles. The van der Waals surface area contributed by atoms with E-state index in [9.17, 15) is 14.9 Å². The summed E-state index contributed by atoms with van der Waals surface area (Å²) in [6, 6.07) is 13.5. The number of amides is 1. The highest BCUT2D eigenvalue weighted by Crippen LogP contribution is 2.14. The van der Waals surface area contributed by atoms with Crippen molar-refractivity contribution in [3.05, 3.63) is 75.8 Å². The van der Waals surface area contributed by atoms with Gasteiger partial charge in [0.15, 0.2) is 0 Å². The molecule has 0 bridgehead atoms. The molecule has 0 radical (unpaired) electrons. The van der Waals surface area contributed by atoms with E-state index in [1.807, 2.05) is 31.2 Å². The summed E-state index contributed by atoms with van der Waals surface area (Å²) in [6.45, 7) is 1.91. The van der Waals surface area contributed by atoms with E-state index in [1.165, 1.54) is 18.2 Å². The van der Waals surface area contributed by atoms with Gasteiger partial charge in [-0.05, 0) is 42.3 Å². The molecule has 0 saturated heterocycles. The van der Waals surface area contributed by atoms with Gasteiger partial charge in [-0.25, -0.2) is 0 Å². The van der Waals surface area contributed by atoms with Crippen LogP contribution >= 0.6 is 0 Å². The standard InChI is InChI=1S/C16H14N2O3/c1-12-4-2-3-5-15(12)17-16(19)11-8-13-6-9-14(10-7-13)18(20)21/h2-11H,1H3,(H,17,19). The van der Waals surface area contributed by atoms with E-state index < -0.39 is 4.92 Å². The second-order valence-corrected chi connectivity index (χ2v) is 4.49. The van der Waals surface area contributed by atoms with Crippen LogP contribution in [-0.4, -0.2) is 10.8 Å². The highest BCUT2D eigenvalue weighted by Gasteiger charge is 2.03. The molecule has 1 amide bonds. The Hall–Kier alpha value is -2.95. The quantitative estimate of drug-likeness (QED) is 0.529. The lowest BCUT2D eigenvalue weighted by Crippen LogP contribution is -2.08. The van der Waals surface area contributed by atoms with Crippen LogP contribution in [0.1, 0.15) is 11.1 Å². The lowest BCUT2D eigenvalue weighted by Gasteiger charge is -2.05. The van der Waals surface area contributed by atoms with E-state index in [1.54, 1.807) is 18.2 Å². The molecular formula is C16H14N2O3. The maximum Gasteiger partial charge on any atom is 0.269 e. The lowest BCUT2D eigenvalue weighted by molar-refractivity contribution is -0.384. The van der Waals surface area contributed by atoms with Crippen molar-refractivity contribution in [2.24, 2.45) is 0 Å². The number of nitrogens with zero attached hydrogens (tertiary/aromatic N) is 1. The number of benzene rings is 2. The minimum atomic E-state index is -0.460. The van der Waals surface area contributed by atoms with Crippen LogP contribution in [0.15, 0.2) is 54.6 Å². The van der Waals surface area contributed by atoms with Gasteiger partial charge in [0.2, 0.25) is 5.91 Å². The predicted octanol–water partition coefficient (Wildman–Crippen LogP) is 3.56. The molecular weight excluding hydrogens is 268 g/mol. The minimum absolute atomic E-state index is 0.0245. The molecule has 0 fully saturated rings. The van der Waals surface area contributed by atoms with E-state index in [0.717, 1.165) is 16.8 Å². The van der Waals surface area contributed by atoms with Gasteiger partial charge in [-0.1, -0.05) is 18.2 Å². The topological polar surface area (TPSA) is 72.2 Å². The SMILES string of the molecule is Cc1ccccc1NC(=O)C=Cc1ccc([N+](=O)[O-])cc1. The average molecular weight is 282 g/mol. The second-order valence-electron chi connectivity index (χ2n) is 4.49. The Bertz CT molecular complexity index is 691. The fourth-order valence-electron chi connectivity index (χ4n) is 1.77. The van der Waals surface area contributed by atoms with E-state index in [-0.39, 0.29) is 11.6 Å². The number of nitrogens with one attached hydrogen (secondary N) is 1. The van der Waals surface area contributed by atoms with Crippen LogP contribution < -0.4 is 5.32 Å². The lowest BCUT2D eigenvalue weighted by atomic mass is 10.2. The van der Waals surface area contributed by atoms with Crippen LogP contribution in [0.25, 0.3) is 6.08 Å². The molecule has 0 aliphatic rings. The molecule has 0 unspecified atom stereocenters. The molecule has 1 N–H and O–H groups in total. The van der Waals surface area contributed by atoms with Crippen molar-refractivity contribution >= 4 is 23.4 Å². The maximum atomic E-state index is 11.8. The Morgan fingerprint density at radius 1 is 1.14 bits per heavy atom. The molecule has 106 valence electrons. The summed E-state index contributed by atoms with van der Waals surface area (Å²) in [5.74, 6) is -0.248. The Kier molecular flexibility index (Phi) is 4.46. The summed E-state index contributed by atoms with van der Waals surface area (Å²) in [5, 5.41) is 13.3. The van der Waals surface area contributed by atoms with Crippen LogP contribution in [0.5, 0.6) is 0 Å². The fraction of sp³-hybridized carbons (Fsp3) is 0.0625. The van der Waals surface area contributed by atoms with E-state index in [2.05, 4.69) is 5.32 Å². The molecule has 0 saturated carbocycles. The first-order valence-electron chi connectivity index (χ1n) is 6.35. The number of nitro benzene ring substituents is 1. The third-order valence-electron chi connectivity index (χ3n) is 2.93. The Labute approximate surface area is 122 Å². The molecule has 2 aromatic rings. The highest BCUT2D eigenvalue weighted by molar-refractivity contribution is 6.02. The summed E-state index contributed by atoms with van der Waals surface area (Å²) in [5.41, 5.74) is 2.49. The monoisotopic (exact) mass is 282 g/mol. The number of aryl methyl sites for hydroxylation is 1. The zero-order valence-corrected chi connectivity index (χ0v) is 11.4. The minimum Gasteiger partial charge on any atom is -0.322 e. The summed E-state index contributed by atoms with van der Waals surface area (Å²) < 4.78 is 0. The van der Waals surface area contributed by atoms with Gasteiger partial charge in [0.1, 0.15) is 0 Å². The Balaban J connectivity index is 2.02. The Morgan fingerprint density at radius 3 is 2.43 bits per heavy atom. The van der Waals surface area contributed by atoms with Crippen molar-refractivity contribution < 1.29 is 9.72 Å². The van der Waals surface area contributed by atoms with Crippen molar-refractivity contribution in [1.82, 2.24) is 0 Å². The molecule has 0 aliphatic carbocycles. The van der Waals surface area contributed by atoms with Crippen LogP contribution in [-0.2, 0) is 4.79 Å². The summed E-state index contributed by atoms with van der Waals surface area (Å²) in [6.07, 6.45) is 3.00. The summed E-state index contributed by atoms with van der Waals surface area (Å²) in [7, 11) is 0. The predicted molar refractivity (Wildman–Crippen MR) is 81.9 cm³/mol. The number of hydrogen-bond donors (Lipinski definition) is 1. The molecule has 0 atom stereocenters. The third-order valence-corrected chi connectivity index (χ3v) is 2.93. The van der Waals surface area contributed by atoms with Crippen molar-refractivity contribution in [2.45, 2.75) is 6.92 Å². The fourth-order valence-corrected chi connectivity index (χ4v) is 1.77. The molecule has 2 rings (SSSR count). The van der Waals surface area contributed by atoms with E-state index >= 15 is 0 Å². The molecule has 2 aromatic carbocycles. The van der Waals surface area contributed by atoms with Gasteiger partial charge < -0.3 is 5.32 Å². The summed E-state index contributed by atoms with van der Waals surface area (Å²) >= 11 is 0. The van der Waals surface area contributed by atoms with Gasteiger partial charge in [-0.15, -0.1) is 0 Å². The second kappa shape index (κ2) is 6.47. The molecule has 5 nitrogen and oxygen atoms in total. The van der Waals surface area contributed by atoms with Gasteiger partial charge in [0.05, 0.1) is 4.92 Å². The number of carbonyl (C=O) groups excluding carboxylic acids is 1. The van der Waals surface area contributed by atoms with Gasteiger partial charge in [-0.3, -0.25) is 14.9 Å². The smallest absolute Gasteiger partial charge is 0.269 e. The van der Waals surface area contributed by atoms with Gasteiger partial charge in [0, 0.05) is 23.9 Å². The first-order valence-corrected chi connectivity index (χ1v) is 6.35. The zero-order valence-electron chi connectivity index (χ0n) is 11.4. The number of anilines is 1. The van der Waals surface area contributed by atoms with Crippen molar-refractivity contribution in [3.8, 4) is 0 Å². The molecule has 5 heteroatoms. The number of para-hydroxylation sites is 1. The van der Waals surface area contributed by atoms with Crippen molar-refractivity contribution in [3.63, 3.8) is 0 Å². The van der Waals surface area contributed by atoms with Crippen molar-refractivity contribution in [1.29, 1.82) is 0 Å². The largest absolute Gasteiger partial charge is 0.322 e. The average Bonchev–Trinajstić information content (AvgIpc) is 2.48. The van der Waals surface area contributed by atoms with Crippen LogP contribution in [0.3, 0.4) is 0 Å². The summed E-state index contributed by atoms with van der Waals surface area (Å²) in [4.78, 5) is 21.9.